The summed E-state index contributed by atoms with van der Waals surface area (Å²) in [4.78, 5) is 38.3. The first-order chi connectivity index (χ1) is 14.7. The Morgan fingerprint density at radius 2 is 1.74 bits per heavy atom. The highest BCUT2D eigenvalue weighted by Gasteiger charge is 2.37. The Kier molecular flexibility index (Phi) is 7.10. The van der Waals surface area contributed by atoms with Gasteiger partial charge in [0.2, 0.25) is 5.91 Å². The number of thiophene rings is 1. The molecule has 2 aromatic rings. The SMILES string of the molecule is Cc1sc(NC(=O)[C@H]2CCCC[C@@H]2C(=O)O)c(C(=O)OC(C)C)c1-c1ccc(F)cc1. The van der Waals surface area contributed by atoms with Crippen molar-refractivity contribution in [3.8, 4) is 11.1 Å². The number of carboxylic acids is 1. The Bertz CT molecular complexity index is 983. The van der Waals surface area contributed by atoms with Gasteiger partial charge in [-0.2, -0.15) is 0 Å². The smallest absolute Gasteiger partial charge is 0.342 e. The van der Waals surface area contributed by atoms with Gasteiger partial charge in [-0.05, 0) is 51.3 Å². The molecule has 1 saturated carbocycles. The molecule has 1 aromatic carbocycles. The van der Waals surface area contributed by atoms with Gasteiger partial charge in [-0.3, -0.25) is 9.59 Å². The number of ether oxygens (including phenoxy) is 1. The highest BCUT2D eigenvalue weighted by Crippen LogP contribution is 2.41. The number of aliphatic carboxylic acids is 1. The lowest BCUT2D eigenvalue weighted by Crippen LogP contribution is -2.36. The fourth-order valence-corrected chi connectivity index (χ4v) is 5.08. The van der Waals surface area contributed by atoms with Gasteiger partial charge in [0.15, 0.2) is 0 Å². The lowest BCUT2D eigenvalue weighted by molar-refractivity contribution is -0.147. The second-order valence-electron chi connectivity index (χ2n) is 8.02. The van der Waals surface area contributed by atoms with Gasteiger partial charge in [-0.15, -0.1) is 11.3 Å². The molecule has 0 radical (unpaired) electrons. The normalized spacial score (nSPS) is 18.6. The van der Waals surface area contributed by atoms with Gasteiger partial charge in [0.1, 0.15) is 16.4 Å². The van der Waals surface area contributed by atoms with Crippen LogP contribution in [0.3, 0.4) is 0 Å². The molecular weight excluding hydrogens is 421 g/mol. The highest BCUT2D eigenvalue weighted by atomic mass is 32.1. The van der Waals surface area contributed by atoms with Gasteiger partial charge in [0, 0.05) is 10.4 Å². The lowest BCUT2D eigenvalue weighted by Gasteiger charge is -2.27. The van der Waals surface area contributed by atoms with Crippen LogP contribution in [0.4, 0.5) is 9.39 Å². The zero-order chi connectivity index (χ0) is 22.7. The summed E-state index contributed by atoms with van der Waals surface area (Å²) in [6.45, 7) is 5.27. The van der Waals surface area contributed by atoms with E-state index in [0.29, 0.717) is 29.0 Å². The van der Waals surface area contributed by atoms with Crippen LogP contribution in [0, 0.1) is 24.6 Å². The summed E-state index contributed by atoms with van der Waals surface area (Å²) in [7, 11) is 0. The van der Waals surface area contributed by atoms with Gasteiger partial charge in [0.25, 0.3) is 0 Å². The van der Waals surface area contributed by atoms with Crippen LogP contribution in [0.15, 0.2) is 24.3 Å². The number of hydrogen-bond donors (Lipinski definition) is 2. The monoisotopic (exact) mass is 447 g/mol. The summed E-state index contributed by atoms with van der Waals surface area (Å²) in [5.74, 6) is -3.76. The maximum atomic E-state index is 13.4. The minimum absolute atomic E-state index is 0.207. The van der Waals surface area contributed by atoms with Crippen molar-refractivity contribution < 1.29 is 28.6 Å². The average Bonchev–Trinajstić information content (AvgIpc) is 3.03. The standard InChI is InChI=1S/C23H26FNO5S/c1-12(2)30-23(29)19-18(14-8-10-15(24)11-9-14)13(3)31-21(19)25-20(26)16-6-4-5-7-17(16)22(27)28/h8-12,16-17H,4-7H2,1-3H3,(H,25,26)(H,27,28)/t16-,17-/m0/s1. The Hall–Kier alpha value is -2.74. The minimum atomic E-state index is -0.978. The molecule has 0 unspecified atom stereocenters. The van der Waals surface area contributed by atoms with Crippen molar-refractivity contribution in [2.45, 2.75) is 52.6 Å². The van der Waals surface area contributed by atoms with E-state index in [9.17, 15) is 23.9 Å². The Morgan fingerprint density at radius 1 is 1.13 bits per heavy atom. The quantitative estimate of drug-likeness (QED) is 0.590. The first-order valence-electron chi connectivity index (χ1n) is 10.3. The third-order valence-electron chi connectivity index (χ3n) is 5.42. The van der Waals surface area contributed by atoms with E-state index in [0.717, 1.165) is 17.7 Å². The maximum absolute atomic E-state index is 13.4. The summed E-state index contributed by atoms with van der Waals surface area (Å²) in [6, 6.07) is 5.76. The zero-order valence-corrected chi connectivity index (χ0v) is 18.6. The molecule has 6 nitrogen and oxygen atoms in total. The van der Waals surface area contributed by atoms with Gasteiger partial charge in [-0.1, -0.05) is 25.0 Å². The van der Waals surface area contributed by atoms with E-state index in [1.54, 1.807) is 26.0 Å². The number of anilines is 1. The van der Waals surface area contributed by atoms with Crippen molar-refractivity contribution >= 4 is 34.2 Å². The summed E-state index contributed by atoms with van der Waals surface area (Å²) in [5.41, 5.74) is 1.41. The van der Waals surface area contributed by atoms with Crippen LogP contribution in [-0.4, -0.2) is 29.1 Å². The van der Waals surface area contributed by atoms with E-state index in [1.165, 1.54) is 23.5 Å². The first-order valence-corrected chi connectivity index (χ1v) is 11.1. The third kappa shape index (κ3) is 5.12. The number of aryl methyl sites for hydroxylation is 1. The maximum Gasteiger partial charge on any atom is 0.342 e. The third-order valence-corrected chi connectivity index (χ3v) is 6.44. The van der Waals surface area contributed by atoms with Crippen molar-refractivity contribution in [3.05, 3.63) is 40.5 Å². The summed E-state index contributed by atoms with van der Waals surface area (Å²) >= 11 is 1.22. The number of carboxylic acid groups (broad SMARTS) is 1. The fraction of sp³-hybridized carbons (Fsp3) is 0.435. The van der Waals surface area contributed by atoms with E-state index in [1.807, 2.05) is 6.92 Å². The number of carbonyl (C=O) groups excluding carboxylic acids is 2. The molecule has 0 bridgehead atoms. The summed E-state index contributed by atoms with van der Waals surface area (Å²) in [6.07, 6.45) is 2.14. The van der Waals surface area contributed by atoms with Crippen molar-refractivity contribution in [1.29, 1.82) is 0 Å². The first kappa shape index (κ1) is 22.9. The Labute approximate surface area is 184 Å². The van der Waals surface area contributed by atoms with E-state index in [4.69, 9.17) is 4.74 Å². The largest absolute Gasteiger partial charge is 0.481 e. The van der Waals surface area contributed by atoms with E-state index in [-0.39, 0.29) is 11.7 Å². The molecule has 31 heavy (non-hydrogen) atoms. The molecule has 1 aliphatic carbocycles. The molecule has 0 spiro atoms. The molecule has 0 aliphatic heterocycles. The van der Waals surface area contributed by atoms with Gasteiger partial charge in [-0.25, -0.2) is 9.18 Å². The molecule has 3 rings (SSSR count). The summed E-state index contributed by atoms with van der Waals surface area (Å²) in [5, 5.41) is 12.6. The number of rotatable bonds is 6. The van der Waals surface area contributed by atoms with Gasteiger partial charge >= 0.3 is 11.9 Å². The summed E-state index contributed by atoms with van der Waals surface area (Å²) < 4.78 is 18.8. The van der Waals surface area contributed by atoms with Crippen LogP contribution < -0.4 is 5.32 Å². The Morgan fingerprint density at radius 3 is 2.32 bits per heavy atom. The highest BCUT2D eigenvalue weighted by molar-refractivity contribution is 7.17. The van der Waals surface area contributed by atoms with Crippen LogP contribution in [-0.2, 0) is 14.3 Å². The number of halogens is 1. The van der Waals surface area contributed by atoms with Crippen molar-refractivity contribution in [3.63, 3.8) is 0 Å². The number of esters is 1. The number of hydrogen-bond acceptors (Lipinski definition) is 5. The van der Waals surface area contributed by atoms with Crippen molar-refractivity contribution in [2.75, 3.05) is 5.32 Å². The molecule has 1 aliphatic rings. The molecule has 8 heteroatoms. The van der Waals surface area contributed by atoms with E-state index in [2.05, 4.69) is 5.32 Å². The van der Waals surface area contributed by atoms with Gasteiger partial charge in [0.05, 0.1) is 17.9 Å². The molecule has 166 valence electrons. The average molecular weight is 448 g/mol. The molecule has 1 heterocycles. The Balaban J connectivity index is 2.00. The molecule has 2 atom stereocenters. The number of benzene rings is 1. The molecule has 1 amide bonds. The van der Waals surface area contributed by atoms with Crippen LogP contribution >= 0.6 is 11.3 Å². The van der Waals surface area contributed by atoms with Crippen LogP contribution in [0.5, 0.6) is 0 Å². The van der Waals surface area contributed by atoms with Crippen molar-refractivity contribution in [2.24, 2.45) is 11.8 Å². The molecule has 1 fully saturated rings. The molecule has 2 N–H and O–H groups in total. The number of nitrogens with one attached hydrogen (secondary N) is 1. The number of amides is 1. The predicted octanol–water partition coefficient (Wildman–Crippen LogP) is 5.26. The second kappa shape index (κ2) is 9.60. The van der Waals surface area contributed by atoms with Gasteiger partial charge < -0.3 is 15.2 Å². The predicted molar refractivity (Wildman–Crippen MR) is 117 cm³/mol. The second-order valence-corrected chi connectivity index (χ2v) is 9.25. The topological polar surface area (TPSA) is 92.7 Å². The van der Waals surface area contributed by atoms with Crippen LogP contribution in [0.2, 0.25) is 0 Å². The van der Waals surface area contributed by atoms with E-state index < -0.39 is 35.5 Å². The number of carbonyl (C=O) groups is 3. The lowest BCUT2D eigenvalue weighted by atomic mass is 9.78. The molecule has 1 aromatic heterocycles. The van der Waals surface area contributed by atoms with Crippen LogP contribution in [0.25, 0.3) is 11.1 Å². The minimum Gasteiger partial charge on any atom is -0.481 e. The fourth-order valence-electron chi connectivity index (χ4n) is 4.01. The zero-order valence-electron chi connectivity index (χ0n) is 17.7. The van der Waals surface area contributed by atoms with Crippen LogP contribution in [0.1, 0.15) is 54.8 Å². The van der Waals surface area contributed by atoms with E-state index >= 15 is 0 Å². The van der Waals surface area contributed by atoms with Crippen molar-refractivity contribution in [1.82, 2.24) is 0 Å². The molecule has 0 saturated heterocycles. The molecular formula is C23H26FNO5S.